The third kappa shape index (κ3) is 4.24. The maximum absolute atomic E-state index is 12.6. The standard InChI is InChI=1S/C21H21ClN4O4/c22-14-3-4-15(23-11-14)13-30-17-7-9-26(20(28)10-17)18-5-6-19(24-21(18)29)25-8-1-2-16(25)12-27/h3-7,9-11,16,27H,1-2,8,12-13H2,(H,24,29)/t16-/m1/s1. The molecule has 0 unspecified atom stereocenters. The van der Waals surface area contributed by atoms with Crippen LogP contribution in [0.4, 0.5) is 5.82 Å². The fraction of sp³-hybridized carbons (Fsp3) is 0.286. The predicted octanol–water partition coefficient (Wildman–Crippen LogP) is 2.11. The third-order valence-electron chi connectivity index (χ3n) is 5.10. The van der Waals surface area contributed by atoms with Crippen molar-refractivity contribution in [1.82, 2.24) is 14.5 Å². The van der Waals surface area contributed by atoms with Crippen molar-refractivity contribution in [1.29, 1.82) is 0 Å². The molecule has 0 spiro atoms. The minimum atomic E-state index is -0.385. The van der Waals surface area contributed by atoms with Crippen LogP contribution >= 0.6 is 11.6 Å². The number of halogens is 1. The van der Waals surface area contributed by atoms with Crippen LogP contribution in [0.1, 0.15) is 18.5 Å². The van der Waals surface area contributed by atoms with Crippen LogP contribution in [0, 0.1) is 0 Å². The molecule has 0 aliphatic carbocycles. The summed E-state index contributed by atoms with van der Waals surface area (Å²) in [5.74, 6) is 1.02. The summed E-state index contributed by atoms with van der Waals surface area (Å²) in [6.07, 6.45) is 4.87. The Morgan fingerprint density at radius 2 is 2.10 bits per heavy atom. The van der Waals surface area contributed by atoms with Gasteiger partial charge in [0.25, 0.3) is 11.1 Å². The number of nitrogens with one attached hydrogen (secondary N) is 1. The summed E-state index contributed by atoms with van der Waals surface area (Å²) in [6, 6.07) is 9.77. The van der Waals surface area contributed by atoms with Crippen LogP contribution in [-0.4, -0.2) is 38.8 Å². The van der Waals surface area contributed by atoms with E-state index in [9.17, 15) is 14.7 Å². The summed E-state index contributed by atoms with van der Waals surface area (Å²) in [7, 11) is 0. The molecular formula is C21H21ClN4O4. The van der Waals surface area contributed by atoms with Gasteiger partial charge in [-0.2, -0.15) is 0 Å². The molecule has 1 atom stereocenters. The van der Waals surface area contributed by atoms with Gasteiger partial charge in [0.05, 0.1) is 23.4 Å². The number of ether oxygens (including phenoxy) is 1. The number of aromatic amines is 1. The Bertz CT molecular complexity index is 1140. The molecule has 1 fully saturated rings. The van der Waals surface area contributed by atoms with E-state index >= 15 is 0 Å². The van der Waals surface area contributed by atoms with E-state index in [1.807, 2.05) is 4.90 Å². The van der Waals surface area contributed by atoms with Crippen LogP contribution in [-0.2, 0) is 6.61 Å². The number of hydrogen-bond donors (Lipinski definition) is 2. The third-order valence-corrected chi connectivity index (χ3v) is 5.32. The first-order valence-corrected chi connectivity index (χ1v) is 10.00. The van der Waals surface area contributed by atoms with Gasteiger partial charge in [-0.15, -0.1) is 0 Å². The maximum Gasteiger partial charge on any atom is 0.273 e. The molecule has 3 aromatic heterocycles. The van der Waals surface area contributed by atoms with Crippen molar-refractivity contribution in [3.63, 3.8) is 0 Å². The predicted molar refractivity (Wildman–Crippen MR) is 114 cm³/mol. The minimum Gasteiger partial charge on any atom is -0.487 e. The first-order chi connectivity index (χ1) is 14.5. The summed E-state index contributed by atoms with van der Waals surface area (Å²) in [4.78, 5) is 34.1. The van der Waals surface area contributed by atoms with Gasteiger partial charge in [-0.3, -0.25) is 19.1 Å². The highest BCUT2D eigenvalue weighted by Crippen LogP contribution is 2.23. The Morgan fingerprint density at radius 3 is 2.80 bits per heavy atom. The first kappa shape index (κ1) is 20.2. The lowest BCUT2D eigenvalue weighted by molar-refractivity contribution is 0.266. The second-order valence-corrected chi connectivity index (χ2v) is 7.49. The number of aliphatic hydroxyl groups is 1. The van der Waals surface area contributed by atoms with Crippen LogP contribution in [0.5, 0.6) is 5.75 Å². The SMILES string of the molecule is O=c1[nH]c(N2CCC[C@@H]2CO)ccc1-n1ccc(OCc2ccc(Cl)cn2)cc1=O. The van der Waals surface area contributed by atoms with Crippen molar-refractivity contribution < 1.29 is 9.84 Å². The fourth-order valence-corrected chi connectivity index (χ4v) is 3.67. The molecule has 8 nitrogen and oxygen atoms in total. The number of aromatic nitrogens is 3. The highest BCUT2D eigenvalue weighted by atomic mass is 35.5. The molecule has 156 valence electrons. The van der Waals surface area contributed by atoms with Gasteiger partial charge in [0, 0.05) is 25.0 Å². The molecule has 2 N–H and O–H groups in total. The second kappa shape index (κ2) is 8.73. The first-order valence-electron chi connectivity index (χ1n) is 9.62. The van der Waals surface area contributed by atoms with Crippen molar-refractivity contribution in [3.05, 3.63) is 80.2 Å². The van der Waals surface area contributed by atoms with Gasteiger partial charge in [-0.05, 0) is 43.2 Å². The highest BCUT2D eigenvalue weighted by Gasteiger charge is 2.24. The van der Waals surface area contributed by atoms with E-state index in [0.29, 0.717) is 22.3 Å². The van der Waals surface area contributed by atoms with Crippen molar-refractivity contribution >= 4 is 17.4 Å². The molecule has 1 aliphatic heterocycles. The number of H-pyrrole nitrogens is 1. The van der Waals surface area contributed by atoms with Crippen molar-refractivity contribution in [2.75, 3.05) is 18.1 Å². The average molecular weight is 429 g/mol. The van der Waals surface area contributed by atoms with Crippen LogP contribution in [0.2, 0.25) is 5.02 Å². The number of nitrogens with zero attached hydrogens (tertiary/aromatic N) is 3. The number of pyridine rings is 3. The molecule has 0 radical (unpaired) electrons. The lowest BCUT2D eigenvalue weighted by atomic mass is 10.2. The van der Waals surface area contributed by atoms with Crippen LogP contribution in [0.3, 0.4) is 0 Å². The second-order valence-electron chi connectivity index (χ2n) is 7.06. The number of aliphatic hydroxyl groups excluding tert-OH is 1. The zero-order valence-electron chi connectivity index (χ0n) is 16.1. The minimum absolute atomic E-state index is 0.000727. The molecule has 0 amide bonds. The lowest BCUT2D eigenvalue weighted by Crippen LogP contribution is -2.34. The monoisotopic (exact) mass is 428 g/mol. The van der Waals surface area contributed by atoms with Gasteiger partial charge < -0.3 is 19.7 Å². The fourth-order valence-electron chi connectivity index (χ4n) is 3.55. The topological polar surface area (TPSA) is 100 Å². The summed E-state index contributed by atoms with van der Waals surface area (Å²) in [5.41, 5.74) is 0.134. The zero-order chi connectivity index (χ0) is 21.1. The summed E-state index contributed by atoms with van der Waals surface area (Å²) < 4.78 is 6.88. The highest BCUT2D eigenvalue weighted by molar-refractivity contribution is 6.30. The van der Waals surface area contributed by atoms with Crippen LogP contribution in [0.25, 0.3) is 5.69 Å². The molecule has 1 aliphatic rings. The molecular weight excluding hydrogens is 408 g/mol. The van der Waals surface area contributed by atoms with E-state index in [2.05, 4.69) is 9.97 Å². The Hall–Kier alpha value is -3.10. The van der Waals surface area contributed by atoms with Crippen molar-refractivity contribution in [2.24, 2.45) is 0 Å². The Balaban J connectivity index is 1.52. The normalized spacial score (nSPS) is 16.1. The molecule has 9 heteroatoms. The van der Waals surface area contributed by atoms with E-state index in [1.165, 1.54) is 23.0 Å². The average Bonchev–Trinajstić information content (AvgIpc) is 3.23. The Morgan fingerprint density at radius 1 is 1.23 bits per heavy atom. The molecule has 4 heterocycles. The molecule has 0 saturated carbocycles. The van der Waals surface area contributed by atoms with Crippen LogP contribution in [0.15, 0.2) is 58.4 Å². The number of anilines is 1. The van der Waals surface area contributed by atoms with Gasteiger partial charge in [0.2, 0.25) is 0 Å². The van der Waals surface area contributed by atoms with Crippen molar-refractivity contribution in [2.45, 2.75) is 25.5 Å². The van der Waals surface area contributed by atoms with E-state index in [4.69, 9.17) is 16.3 Å². The number of rotatable bonds is 6. The molecule has 3 aromatic rings. The molecule has 30 heavy (non-hydrogen) atoms. The van der Waals surface area contributed by atoms with Gasteiger partial charge in [-0.25, -0.2) is 0 Å². The molecule has 4 rings (SSSR count). The van der Waals surface area contributed by atoms with Crippen molar-refractivity contribution in [3.8, 4) is 11.4 Å². The summed E-state index contributed by atoms with van der Waals surface area (Å²) >= 11 is 5.81. The largest absolute Gasteiger partial charge is 0.487 e. The van der Waals surface area contributed by atoms with Gasteiger partial charge >= 0.3 is 0 Å². The summed E-state index contributed by atoms with van der Waals surface area (Å²) in [6.45, 7) is 1.00. The van der Waals surface area contributed by atoms with E-state index < -0.39 is 0 Å². The van der Waals surface area contributed by atoms with E-state index in [-0.39, 0.29) is 36.1 Å². The smallest absolute Gasteiger partial charge is 0.273 e. The van der Waals surface area contributed by atoms with E-state index in [1.54, 1.807) is 30.3 Å². The Kier molecular flexibility index (Phi) is 5.87. The quantitative estimate of drug-likeness (QED) is 0.623. The van der Waals surface area contributed by atoms with Gasteiger partial charge in [0.15, 0.2) is 0 Å². The zero-order valence-corrected chi connectivity index (χ0v) is 16.9. The summed E-state index contributed by atoms with van der Waals surface area (Å²) in [5, 5.41) is 10.0. The van der Waals surface area contributed by atoms with Gasteiger partial charge in [-0.1, -0.05) is 11.6 Å². The van der Waals surface area contributed by atoms with Gasteiger partial charge in [0.1, 0.15) is 23.9 Å². The van der Waals surface area contributed by atoms with Crippen LogP contribution < -0.4 is 20.8 Å². The molecule has 0 aromatic carbocycles. The molecule has 1 saturated heterocycles. The van der Waals surface area contributed by atoms with E-state index in [0.717, 1.165) is 19.4 Å². The number of hydrogen-bond acceptors (Lipinski definition) is 6. The lowest BCUT2D eigenvalue weighted by Gasteiger charge is -2.24. The Labute approximate surface area is 177 Å². The molecule has 0 bridgehead atoms. The maximum atomic E-state index is 12.6.